The number of hydrogen-bond donors (Lipinski definition) is 1. The van der Waals surface area contributed by atoms with E-state index in [1.807, 2.05) is 57.4 Å². The van der Waals surface area contributed by atoms with Crippen LogP contribution in [-0.2, 0) is 6.54 Å². The van der Waals surface area contributed by atoms with E-state index in [9.17, 15) is 4.79 Å². The van der Waals surface area contributed by atoms with E-state index in [1.54, 1.807) is 0 Å². The molecular weight excluding hydrogens is 224 g/mol. The first kappa shape index (κ1) is 14.5. The Kier molecular flexibility index (Phi) is 6.15. The minimum Gasteiger partial charge on any atom is -0.352 e. The van der Waals surface area contributed by atoms with Crippen LogP contribution in [0.15, 0.2) is 36.4 Å². The summed E-state index contributed by atoms with van der Waals surface area (Å²) in [4.78, 5) is 13.9. The summed E-state index contributed by atoms with van der Waals surface area (Å²) in [7, 11) is 4.06. The van der Waals surface area contributed by atoms with Crippen molar-refractivity contribution in [1.82, 2.24) is 10.2 Å². The van der Waals surface area contributed by atoms with Gasteiger partial charge in [-0.15, -0.1) is 0 Å². The molecule has 1 rings (SSSR count). The summed E-state index contributed by atoms with van der Waals surface area (Å²) >= 11 is 0. The number of carbonyl (C=O) groups excluding carboxylic acids is 1. The van der Waals surface area contributed by atoms with Crippen LogP contribution in [0.1, 0.15) is 29.3 Å². The summed E-state index contributed by atoms with van der Waals surface area (Å²) in [5.41, 5.74) is 1.93. The van der Waals surface area contributed by atoms with Crippen molar-refractivity contribution in [2.45, 2.75) is 19.9 Å². The molecule has 1 N–H and O–H groups in total. The minimum absolute atomic E-state index is 0.00379. The van der Waals surface area contributed by atoms with Gasteiger partial charge in [-0.25, -0.2) is 0 Å². The van der Waals surface area contributed by atoms with E-state index in [-0.39, 0.29) is 5.91 Å². The first-order valence-corrected chi connectivity index (χ1v) is 6.26. The van der Waals surface area contributed by atoms with E-state index >= 15 is 0 Å². The zero-order valence-electron chi connectivity index (χ0n) is 11.4. The minimum atomic E-state index is -0.00379. The topological polar surface area (TPSA) is 32.3 Å². The molecule has 98 valence electrons. The summed E-state index contributed by atoms with van der Waals surface area (Å²) in [5, 5.41) is 2.89. The molecule has 0 aliphatic carbocycles. The number of amides is 1. The van der Waals surface area contributed by atoms with Crippen molar-refractivity contribution in [1.29, 1.82) is 0 Å². The van der Waals surface area contributed by atoms with Gasteiger partial charge in [0.15, 0.2) is 0 Å². The lowest BCUT2D eigenvalue weighted by molar-refractivity contribution is 0.0954. The Hall–Kier alpha value is -1.61. The Bertz CT molecular complexity index is 393. The van der Waals surface area contributed by atoms with Gasteiger partial charge < -0.3 is 10.2 Å². The maximum absolute atomic E-state index is 11.8. The molecule has 0 atom stereocenters. The molecule has 18 heavy (non-hydrogen) atoms. The molecule has 0 aliphatic heterocycles. The van der Waals surface area contributed by atoms with Crippen LogP contribution in [0.2, 0.25) is 0 Å². The van der Waals surface area contributed by atoms with E-state index in [0.717, 1.165) is 18.5 Å². The van der Waals surface area contributed by atoms with E-state index < -0.39 is 0 Å². The molecule has 0 bridgehead atoms. The monoisotopic (exact) mass is 246 g/mol. The second-order valence-electron chi connectivity index (χ2n) is 4.55. The second-order valence-corrected chi connectivity index (χ2v) is 4.55. The highest BCUT2D eigenvalue weighted by Gasteiger charge is 2.04. The number of benzene rings is 1. The molecule has 0 spiro atoms. The van der Waals surface area contributed by atoms with Gasteiger partial charge in [0.05, 0.1) is 0 Å². The van der Waals surface area contributed by atoms with Crippen LogP contribution >= 0.6 is 0 Å². The van der Waals surface area contributed by atoms with Crippen molar-refractivity contribution in [3.05, 3.63) is 47.5 Å². The fourth-order valence-electron chi connectivity index (χ4n) is 1.66. The number of carbonyl (C=O) groups is 1. The first-order valence-electron chi connectivity index (χ1n) is 6.26. The van der Waals surface area contributed by atoms with Gasteiger partial charge in [0.1, 0.15) is 0 Å². The quantitative estimate of drug-likeness (QED) is 0.617. The van der Waals surface area contributed by atoms with E-state index in [0.29, 0.717) is 6.54 Å². The molecule has 0 heterocycles. The lowest BCUT2D eigenvalue weighted by Crippen LogP contribution is -2.24. The number of rotatable bonds is 6. The average molecular weight is 246 g/mol. The first-order chi connectivity index (χ1) is 8.63. The van der Waals surface area contributed by atoms with Gasteiger partial charge in [-0.05, 0) is 45.1 Å². The van der Waals surface area contributed by atoms with Crippen molar-refractivity contribution in [3.63, 3.8) is 0 Å². The lowest BCUT2D eigenvalue weighted by Gasteiger charge is -2.10. The highest BCUT2D eigenvalue weighted by Crippen LogP contribution is 2.06. The second kappa shape index (κ2) is 7.67. The van der Waals surface area contributed by atoms with Crippen molar-refractivity contribution < 1.29 is 4.79 Å². The third-order valence-corrected chi connectivity index (χ3v) is 2.55. The Morgan fingerprint density at radius 2 is 1.94 bits per heavy atom. The van der Waals surface area contributed by atoms with Crippen LogP contribution in [0.5, 0.6) is 0 Å². The molecule has 0 unspecified atom stereocenters. The van der Waals surface area contributed by atoms with Crippen LogP contribution in [0, 0.1) is 0 Å². The summed E-state index contributed by atoms with van der Waals surface area (Å²) in [6.45, 7) is 3.55. The summed E-state index contributed by atoms with van der Waals surface area (Å²) in [6, 6.07) is 7.76. The number of allylic oxidation sites excluding steroid dienone is 1. The smallest absolute Gasteiger partial charge is 0.251 e. The summed E-state index contributed by atoms with van der Waals surface area (Å²) in [5.74, 6) is -0.00379. The predicted octanol–water partition coefficient (Wildman–Crippen LogP) is 2.44. The van der Waals surface area contributed by atoms with Gasteiger partial charge in [-0.3, -0.25) is 4.79 Å². The SMILES string of the molecule is C/C=C/CCNC(=O)c1ccc(CN(C)C)cc1. The fraction of sp³-hybridized carbons (Fsp3) is 0.400. The molecule has 3 nitrogen and oxygen atoms in total. The molecule has 1 amide bonds. The Labute approximate surface area is 109 Å². The van der Waals surface area contributed by atoms with E-state index in [1.165, 1.54) is 5.56 Å². The van der Waals surface area contributed by atoms with Gasteiger partial charge in [-0.2, -0.15) is 0 Å². The molecule has 0 saturated heterocycles. The molecule has 1 aromatic rings. The predicted molar refractivity (Wildman–Crippen MR) is 75.6 cm³/mol. The number of nitrogens with zero attached hydrogens (tertiary/aromatic N) is 1. The highest BCUT2D eigenvalue weighted by atomic mass is 16.1. The molecule has 0 saturated carbocycles. The molecular formula is C15H22N2O. The Morgan fingerprint density at radius 1 is 1.28 bits per heavy atom. The third kappa shape index (κ3) is 5.15. The van der Waals surface area contributed by atoms with E-state index in [4.69, 9.17) is 0 Å². The molecule has 0 fully saturated rings. The van der Waals surface area contributed by atoms with E-state index in [2.05, 4.69) is 10.2 Å². The Balaban J connectivity index is 2.48. The lowest BCUT2D eigenvalue weighted by atomic mass is 10.1. The van der Waals surface area contributed by atoms with Gasteiger partial charge in [0.25, 0.3) is 5.91 Å². The average Bonchev–Trinajstić information content (AvgIpc) is 2.34. The summed E-state index contributed by atoms with van der Waals surface area (Å²) < 4.78 is 0. The standard InChI is InChI=1S/C15H22N2O/c1-4-5-6-11-16-15(18)14-9-7-13(8-10-14)12-17(2)3/h4-5,7-10H,6,11-12H2,1-3H3,(H,16,18)/b5-4+. The van der Waals surface area contributed by atoms with Crippen molar-refractivity contribution in [2.75, 3.05) is 20.6 Å². The zero-order chi connectivity index (χ0) is 13.4. The van der Waals surface area contributed by atoms with Gasteiger partial charge in [-0.1, -0.05) is 24.3 Å². The van der Waals surface area contributed by atoms with Crippen LogP contribution in [0.3, 0.4) is 0 Å². The third-order valence-electron chi connectivity index (χ3n) is 2.55. The Morgan fingerprint density at radius 3 is 2.50 bits per heavy atom. The summed E-state index contributed by atoms with van der Waals surface area (Å²) in [6.07, 6.45) is 4.91. The van der Waals surface area contributed by atoms with Crippen molar-refractivity contribution in [3.8, 4) is 0 Å². The largest absolute Gasteiger partial charge is 0.352 e. The fourth-order valence-corrected chi connectivity index (χ4v) is 1.66. The van der Waals surface area contributed by atoms with Crippen LogP contribution in [-0.4, -0.2) is 31.4 Å². The van der Waals surface area contributed by atoms with Crippen molar-refractivity contribution in [2.24, 2.45) is 0 Å². The maximum atomic E-state index is 11.8. The van der Waals surface area contributed by atoms with Gasteiger partial charge >= 0.3 is 0 Å². The molecule has 1 aromatic carbocycles. The van der Waals surface area contributed by atoms with Gasteiger partial charge in [0, 0.05) is 18.7 Å². The van der Waals surface area contributed by atoms with Crippen LogP contribution in [0.25, 0.3) is 0 Å². The van der Waals surface area contributed by atoms with Crippen LogP contribution in [0.4, 0.5) is 0 Å². The number of nitrogens with one attached hydrogen (secondary N) is 1. The van der Waals surface area contributed by atoms with Crippen LogP contribution < -0.4 is 5.32 Å². The normalized spacial score (nSPS) is 11.1. The number of hydrogen-bond acceptors (Lipinski definition) is 2. The van der Waals surface area contributed by atoms with Gasteiger partial charge in [0.2, 0.25) is 0 Å². The maximum Gasteiger partial charge on any atom is 0.251 e. The molecule has 0 radical (unpaired) electrons. The van der Waals surface area contributed by atoms with Crippen molar-refractivity contribution >= 4 is 5.91 Å². The molecule has 0 aromatic heterocycles. The molecule has 0 aliphatic rings. The molecule has 3 heteroatoms. The zero-order valence-corrected chi connectivity index (χ0v) is 11.4. The highest BCUT2D eigenvalue weighted by molar-refractivity contribution is 5.94.